The lowest BCUT2D eigenvalue weighted by atomic mass is 10.2. The minimum Gasteiger partial charge on any atom is -0.302 e. The fourth-order valence-electron chi connectivity index (χ4n) is 2.36. The smallest absolute Gasteiger partial charge is 0.276 e. The standard InChI is InChI=1S/C16H14BrCl2N5O/c1-2-24-14(11(17)7-20-24)16(25)21-15-13(19)9-23(22-15)8-10-5-3-4-6-12(10)18/h3-7,9H,2,8H2,1H3,(H,21,22,25). The van der Waals surface area contributed by atoms with E-state index in [9.17, 15) is 4.79 Å². The predicted octanol–water partition coefficient (Wildman–Crippen LogP) is 4.47. The van der Waals surface area contributed by atoms with E-state index >= 15 is 0 Å². The monoisotopic (exact) mass is 441 g/mol. The van der Waals surface area contributed by atoms with Gasteiger partial charge in [0.2, 0.25) is 0 Å². The molecular weight excluding hydrogens is 429 g/mol. The number of aromatic nitrogens is 4. The highest BCUT2D eigenvalue weighted by molar-refractivity contribution is 9.10. The van der Waals surface area contributed by atoms with Gasteiger partial charge in [-0.15, -0.1) is 0 Å². The molecule has 0 saturated heterocycles. The van der Waals surface area contributed by atoms with Gasteiger partial charge in [-0.1, -0.05) is 41.4 Å². The van der Waals surface area contributed by atoms with Gasteiger partial charge in [-0.05, 0) is 34.5 Å². The highest BCUT2D eigenvalue weighted by Crippen LogP contribution is 2.24. The Kier molecular flexibility index (Phi) is 5.46. The minimum atomic E-state index is -0.337. The fourth-order valence-corrected chi connectivity index (χ4v) is 3.23. The number of nitrogens with one attached hydrogen (secondary N) is 1. The summed E-state index contributed by atoms with van der Waals surface area (Å²) in [7, 11) is 0. The summed E-state index contributed by atoms with van der Waals surface area (Å²) >= 11 is 15.7. The largest absolute Gasteiger partial charge is 0.302 e. The SMILES string of the molecule is CCn1ncc(Br)c1C(=O)Nc1nn(Cc2ccccc2Cl)cc1Cl. The van der Waals surface area contributed by atoms with Crippen LogP contribution in [-0.2, 0) is 13.1 Å². The second kappa shape index (κ2) is 7.59. The number of aryl methyl sites for hydroxylation is 1. The molecule has 0 aliphatic carbocycles. The van der Waals surface area contributed by atoms with Crippen LogP contribution in [0.4, 0.5) is 5.82 Å². The Morgan fingerprint density at radius 3 is 2.76 bits per heavy atom. The van der Waals surface area contributed by atoms with Crippen molar-refractivity contribution in [2.75, 3.05) is 5.32 Å². The average molecular weight is 443 g/mol. The van der Waals surface area contributed by atoms with Gasteiger partial charge in [0.1, 0.15) is 10.7 Å². The summed E-state index contributed by atoms with van der Waals surface area (Å²) < 4.78 is 3.83. The van der Waals surface area contributed by atoms with Crippen molar-refractivity contribution in [1.29, 1.82) is 0 Å². The molecule has 0 unspecified atom stereocenters. The van der Waals surface area contributed by atoms with Crippen molar-refractivity contribution < 1.29 is 4.79 Å². The second-order valence-corrected chi connectivity index (χ2v) is 6.89. The molecule has 3 aromatic rings. The van der Waals surface area contributed by atoms with Crippen LogP contribution in [0, 0.1) is 0 Å². The molecule has 0 bridgehead atoms. The van der Waals surface area contributed by atoms with Gasteiger partial charge in [-0.2, -0.15) is 10.2 Å². The number of amides is 1. The lowest BCUT2D eigenvalue weighted by Crippen LogP contribution is -2.18. The van der Waals surface area contributed by atoms with E-state index in [1.165, 1.54) is 0 Å². The first kappa shape index (κ1) is 18.0. The van der Waals surface area contributed by atoms with E-state index in [1.54, 1.807) is 21.8 Å². The number of nitrogens with zero attached hydrogens (tertiary/aromatic N) is 4. The Morgan fingerprint density at radius 2 is 2.04 bits per heavy atom. The van der Waals surface area contributed by atoms with E-state index in [0.717, 1.165) is 5.56 Å². The molecule has 1 amide bonds. The Balaban J connectivity index is 1.80. The summed E-state index contributed by atoms with van der Waals surface area (Å²) in [4.78, 5) is 12.5. The molecular formula is C16H14BrCl2N5O. The van der Waals surface area contributed by atoms with Crippen molar-refractivity contribution in [3.05, 3.63) is 62.4 Å². The molecule has 0 spiro atoms. The maximum Gasteiger partial charge on any atom is 0.276 e. The normalized spacial score (nSPS) is 10.9. The summed E-state index contributed by atoms with van der Waals surface area (Å²) in [6.07, 6.45) is 3.22. The number of benzene rings is 1. The Labute approximate surface area is 162 Å². The van der Waals surface area contributed by atoms with Crippen LogP contribution in [0.1, 0.15) is 23.0 Å². The van der Waals surface area contributed by atoms with Crippen molar-refractivity contribution >= 4 is 50.9 Å². The molecule has 1 aromatic carbocycles. The van der Waals surface area contributed by atoms with E-state index in [2.05, 4.69) is 31.4 Å². The van der Waals surface area contributed by atoms with Crippen LogP contribution in [0.25, 0.3) is 0 Å². The van der Waals surface area contributed by atoms with E-state index in [-0.39, 0.29) is 11.7 Å². The Morgan fingerprint density at radius 1 is 1.28 bits per heavy atom. The second-order valence-electron chi connectivity index (χ2n) is 5.23. The quantitative estimate of drug-likeness (QED) is 0.633. The van der Waals surface area contributed by atoms with Crippen LogP contribution in [0.3, 0.4) is 0 Å². The molecule has 0 atom stereocenters. The van der Waals surface area contributed by atoms with Crippen molar-refractivity contribution in [2.24, 2.45) is 0 Å². The zero-order chi connectivity index (χ0) is 18.0. The molecule has 2 aromatic heterocycles. The lowest BCUT2D eigenvalue weighted by molar-refractivity contribution is 0.101. The number of hydrogen-bond donors (Lipinski definition) is 1. The molecule has 0 fully saturated rings. The molecule has 6 nitrogen and oxygen atoms in total. The average Bonchev–Trinajstić information content (AvgIpc) is 3.12. The topological polar surface area (TPSA) is 64.7 Å². The fraction of sp³-hybridized carbons (Fsp3) is 0.188. The molecule has 0 aliphatic rings. The number of carbonyl (C=O) groups excluding carboxylic acids is 1. The third-order valence-corrected chi connectivity index (χ3v) is 4.77. The zero-order valence-electron chi connectivity index (χ0n) is 13.2. The first-order chi connectivity index (χ1) is 12.0. The summed E-state index contributed by atoms with van der Waals surface area (Å²) in [6.45, 7) is 2.93. The lowest BCUT2D eigenvalue weighted by Gasteiger charge is -2.06. The summed E-state index contributed by atoms with van der Waals surface area (Å²) in [5, 5.41) is 12.2. The van der Waals surface area contributed by atoms with Gasteiger partial charge in [0, 0.05) is 17.8 Å². The number of halogens is 3. The van der Waals surface area contributed by atoms with Gasteiger partial charge in [0.25, 0.3) is 5.91 Å². The van der Waals surface area contributed by atoms with Crippen LogP contribution in [0.15, 0.2) is 41.1 Å². The first-order valence-corrected chi connectivity index (χ1v) is 9.03. The van der Waals surface area contributed by atoms with Gasteiger partial charge in [0.05, 0.1) is 17.2 Å². The highest BCUT2D eigenvalue weighted by Gasteiger charge is 2.19. The molecule has 25 heavy (non-hydrogen) atoms. The van der Waals surface area contributed by atoms with Gasteiger partial charge < -0.3 is 5.32 Å². The van der Waals surface area contributed by atoms with E-state index in [4.69, 9.17) is 23.2 Å². The molecule has 0 radical (unpaired) electrons. The first-order valence-electron chi connectivity index (χ1n) is 7.48. The van der Waals surface area contributed by atoms with Crippen LogP contribution >= 0.6 is 39.1 Å². The molecule has 0 aliphatic heterocycles. The van der Waals surface area contributed by atoms with Crippen molar-refractivity contribution in [3.63, 3.8) is 0 Å². The van der Waals surface area contributed by atoms with Crippen LogP contribution < -0.4 is 5.32 Å². The predicted molar refractivity (Wildman–Crippen MR) is 101 cm³/mol. The van der Waals surface area contributed by atoms with Crippen LogP contribution in [0.5, 0.6) is 0 Å². The van der Waals surface area contributed by atoms with Crippen molar-refractivity contribution in [3.8, 4) is 0 Å². The Bertz CT molecular complexity index is 921. The van der Waals surface area contributed by atoms with E-state index in [1.807, 2.05) is 31.2 Å². The van der Waals surface area contributed by atoms with Crippen LogP contribution in [0.2, 0.25) is 10.0 Å². The van der Waals surface area contributed by atoms with Crippen molar-refractivity contribution in [1.82, 2.24) is 19.6 Å². The molecule has 9 heteroatoms. The number of hydrogen-bond acceptors (Lipinski definition) is 3. The number of rotatable bonds is 5. The third kappa shape index (κ3) is 3.89. The zero-order valence-corrected chi connectivity index (χ0v) is 16.3. The van der Waals surface area contributed by atoms with Crippen LogP contribution in [-0.4, -0.2) is 25.5 Å². The molecule has 3 rings (SSSR count). The van der Waals surface area contributed by atoms with Gasteiger partial charge in [-0.3, -0.25) is 14.2 Å². The molecule has 0 saturated carbocycles. The van der Waals surface area contributed by atoms with Gasteiger partial charge in [-0.25, -0.2) is 0 Å². The highest BCUT2D eigenvalue weighted by atomic mass is 79.9. The molecule has 2 heterocycles. The summed E-state index contributed by atoms with van der Waals surface area (Å²) in [6, 6.07) is 7.49. The van der Waals surface area contributed by atoms with E-state index in [0.29, 0.717) is 33.3 Å². The van der Waals surface area contributed by atoms with Gasteiger partial charge >= 0.3 is 0 Å². The third-order valence-electron chi connectivity index (χ3n) is 3.55. The summed E-state index contributed by atoms with van der Waals surface area (Å²) in [5.74, 6) is -0.0504. The maximum atomic E-state index is 12.5. The molecule has 1 N–H and O–H groups in total. The molecule has 130 valence electrons. The maximum absolute atomic E-state index is 12.5. The number of carbonyl (C=O) groups is 1. The minimum absolute atomic E-state index is 0.287. The summed E-state index contributed by atoms with van der Waals surface area (Å²) in [5.41, 5.74) is 1.33. The van der Waals surface area contributed by atoms with Gasteiger partial charge in [0.15, 0.2) is 5.82 Å². The Hall–Kier alpha value is -1.83. The van der Waals surface area contributed by atoms with E-state index < -0.39 is 0 Å². The number of anilines is 1. The van der Waals surface area contributed by atoms with Crippen molar-refractivity contribution in [2.45, 2.75) is 20.0 Å².